The molecule has 3 aromatic heterocycles. The van der Waals surface area contributed by atoms with Gasteiger partial charge >= 0.3 is 6.09 Å². The van der Waals surface area contributed by atoms with Crippen molar-refractivity contribution in [3.05, 3.63) is 18.7 Å². The Labute approximate surface area is 225 Å². The highest BCUT2D eigenvalue weighted by atomic mass is 28.3. The van der Waals surface area contributed by atoms with E-state index in [1.54, 1.807) is 22.1 Å². The van der Waals surface area contributed by atoms with Crippen LogP contribution in [0.1, 0.15) is 40.5 Å². The third-order valence-electron chi connectivity index (χ3n) is 6.25. The minimum absolute atomic E-state index is 0.0618. The fourth-order valence-corrected chi connectivity index (χ4v) is 4.88. The summed E-state index contributed by atoms with van der Waals surface area (Å²) in [6.45, 7) is 17.6. The van der Waals surface area contributed by atoms with Crippen LogP contribution in [0.4, 0.5) is 4.79 Å². The van der Waals surface area contributed by atoms with Crippen molar-refractivity contribution in [2.24, 2.45) is 0 Å². The zero-order chi connectivity index (χ0) is 27.5. The summed E-state index contributed by atoms with van der Waals surface area (Å²) >= 11 is 0. The number of rotatable bonds is 9. The number of hydrogen-bond acceptors (Lipinski definition) is 8. The molecule has 1 aliphatic heterocycles. The SMILES string of the molecule is CCn1cnc(-c2cn(COCC[Si](C)(C)C)c3ncc(OC4CCN(C(=O)OC(C)(C)C)CC4)nc23)n1. The fraction of sp³-hybridized carbons (Fsp3) is 0.654. The molecule has 0 radical (unpaired) electrons. The van der Waals surface area contributed by atoms with Gasteiger partial charge in [0.15, 0.2) is 11.5 Å². The number of carbonyl (C=O) groups excluding carboxylic acids is 1. The van der Waals surface area contributed by atoms with E-state index in [2.05, 4.69) is 34.7 Å². The maximum atomic E-state index is 12.4. The summed E-state index contributed by atoms with van der Waals surface area (Å²) in [7, 11) is -1.18. The second kappa shape index (κ2) is 11.4. The lowest BCUT2D eigenvalue weighted by Gasteiger charge is -2.33. The number of likely N-dealkylation sites (tertiary alicyclic amines) is 1. The predicted octanol–water partition coefficient (Wildman–Crippen LogP) is 4.80. The Bertz CT molecular complexity index is 1240. The van der Waals surface area contributed by atoms with Gasteiger partial charge in [-0.2, -0.15) is 5.10 Å². The Morgan fingerprint density at radius 1 is 1.16 bits per heavy atom. The van der Waals surface area contributed by atoms with Gasteiger partial charge < -0.3 is 23.7 Å². The standard InChI is InChI=1S/C26H41N7O4Si/c1-8-33-17-28-23(30-33)20-16-32(18-35-13-14-38(5,6)7)24-22(20)29-21(15-27-24)36-19-9-11-31(12-10-19)25(34)37-26(2,3)4/h15-17,19H,8-14,18H2,1-7H3. The molecule has 0 N–H and O–H groups in total. The van der Waals surface area contributed by atoms with Crippen LogP contribution in [0.5, 0.6) is 5.88 Å². The number of fused-ring (bicyclic) bond motifs is 1. The summed E-state index contributed by atoms with van der Waals surface area (Å²) in [5, 5.41) is 4.59. The smallest absolute Gasteiger partial charge is 0.410 e. The van der Waals surface area contributed by atoms with Crippen molar-refractivity contribution in [2.45, 2.75) is 91.2 Å². The van der Waals surface area contributed by atoms with E-state index in [9.17, 15) is 4.79 Å². The molecule has 0 unspecified atom stereocenters. The number of piperidine rings is 1. The molecule has 0 saturated carbocycles. The van der Waals surface area contributed by atoms with Gasteiger partial charge in [0.05, 0.1) is 11.8 Å². The molecule has 38 heavy (non-hydrogen) atoms. The zero-order valence-corrected chi connectivity index (χ0v) is 24.7. The van der Waals surface area contributed by atoms with E-state index in [-0.39, 0.29) is 12.2 Å². The van der Waals surface area contributed by atoms with E-state index in [4.69, 9.17) is 19.2 Å². The van der Waals surface area contributed by atoms with Crippen LogP contribution in [0, 0.1) is 0 Å². The van der Waals surface area contributed by atoms with Gasteiger partial charge in [0.1, 0.15) is 30.3 Å². The lowest BCUT2D eigenvalue weighted by molar-refractivity contribution is 0.0123. The van der Waals surface area contributed by atoms with Crippen LogP contribution in [-0.2, 0) is 22.7 Å². The highest BCUT2D eigenvalue weighted by Crippen LogP contribution is 2.28. The molecule has 1 fully saturated rings. The molecular weight excluding hydrogens is 502 g/mol. The molecule has 3 aromatic rings. The molecule has 4 rings (SSSR count). The highest BCUT2D eigenvalue weighted by Gasteiger charge is 2.28. The molecule has 1 amide bonds. The Balaban J connectivity index is 1.49. The molecule has 208 valence electrons. The van der Waals surface area contributed by atoms with Crippen LogP contribution in [0.2, 0.25) is 25.7 Å². The summed E-state index contributed by atoms with van der Waals surface area (Å²) in [5.41, 5.74) is 1.66. The monoisotopic (exact) mass is 543 g/mol. The van der Waals surface area contributed by atoms with E-state index >= 15 is 0 Å². The molecule has 0 aliphatic carbocycles. The van der Waals surface area contributed by atoms with Crippen molar-refractivity contribution >= 4 is 25.3 Å². The molecule has 0 atom stereocenters. The second-order valence-corrected chi connectivity index (χ2v) is 17.6. The average Bonchev–Trinajstić information content (AvgIpc) is 3.45. The number of hydrogen-bond donors (Lipinski definition) is 0. The van der Waals surface area contributed by atoms with Crippen molar-refractivity contribution in [1.82, 2.24) is 34.2 Å². The zero-order valence-electron chi connectivity index (χ0n) is 23.7. The van der Waals surface area contributed by atoms with Crippen molar-refractivity contribution < 1.29 is 19.0 Å². The average molecular weight is 544 g/mol. The van der Waals surface area contributed by atoms with Gasteiger partial charge in [-0.05, 0) is 33.7 Å². The number of carbonyl (C=O) groups is 1. The summed E-state index contributed by atoms with van der Waals surface area (Å²) < 4.78 is 21.5. The summed E-state index contributed by atoms with van der Waals surface area (Å²) in [4.78, 5) is 28.1. The first kappa shape index (κ1) is 28.0. The van der Waals surface area contributed by atoms with E-state index in [1.807, 2.05) is 38.5 Å². The van der Waals surface area contributed by atoms with Gasteiger partial charge in [0.25, 0.3) is 0 Å². The minimum atomic E-state index is -1.18. The Kier molecular flexibility index (Phi) is 8.41. The number of aromatic nitrogens is 6. The normalized spacial score (nSPS) is 15.3. The van der Waals surface area contributed by atoms with Gasteiger partial charge in [0.2, 0.25) is 5.88 Å². The number of nitrogens with zero attached hydrogens (tertiary/aromatic N) is 7. The molecule has 1 aliphatic rings. The van der Waals surface area contributed by atoms with E-state index < -0.39 is 13.7 Å². The molecule has 1 saturated heterocycles. The highest BCUT2D eigenvalue weighted by molar-refractivity contribution is 6.76. The quantitative estimate of drug-likeness (QED) is 0.280. The largest absolute Gasteiger partial charge is 0.473 e. The Hall–Kier alpha value is -2.99. The van der Waals surface area contributed by atoms with Gasteiger partial charge in [-0.1, -0.05) is 19.6 Å². The van der Waals surface area contributed by atoms with E-state index in [0.717, 1.165) is 18.2 Å². The van der Waals surface area contributed by atoms with Gasteiger partial charge in [-0.3, -0.25) is 4.68 Å². The predicted molar refractivity (Wildman–Crippen MR) is 148 cm³/mol. The first-order valence-corrected chi connectivity index (χ1v) is 17.1. The fourth-order valence-electron chi connectivity index (χ4n) is 4.12. The van der Waals surface area contributed by atoms with Gasteiger partial charge in [-0.15, -0.1) is 0 Å². The van der Waals surface area contributed by atoms with Crippen LogP contribution in [0.3, 0.4) is 0 Å². The third-order valence-corrected chi connectivity index (χ3v) is 7.96. The molecular formula is C26H41N7O4Si. The first-order valence-electron chi connectivity index (χ1n) is 13.4. The second-order valence-electron chi connectivity index (χ2n) is 11.9. The van der Waals surface area contributed by atoms with Gasteiger partial charge in [-0.25, -0.2) is 19.7 Å². The maximum Gasteiger partial charge on any atom is 0.410 e. The van der Waals surface area contributed by atoms with Crippen molar-refractivity contribution in [2.75, 3.05) is 19.7 Å². The minimum Gasteiger partial charge on any atom is -0.473 e. The summed E-state index contributed by atoms with van der Waals surface area (Å²) in [6.07, 6.45) is 6.37. The number of amides is 1. The Morgan fingerprint density at radius 2 is 1.89 bits per heavy atom. The molecule has 4 heterocycles. The van der Waals surface area contributed by atoms with Crippen molar-refractivity contribution in [1.29, 1.82) is 0 Å². The Morgan fingerprint density at radius 3 is 2.53 bits per heavy atom. The van der Waals surface area contributed by atoms with Crippen LogP contribution < -0.4 is 4.74 Å². The topological polar surface area (TPSA) is 109 Å². The molecule has 11 nitrogen and oxygen atoms in total. The summed E-state index contributed by atoms with van der Waals surface area (Å²) in [6, 6.07) is 1.10. The summed E-state index contributed by atoms with van der Waals surface area (Å²) in [5.74, 6) is 1.04. The van der Waals surface area contributed by atoms with Crippen LogP contribution >= 0.6 is 0 Å². The van der Waals surface area contributed by atoms with Gasteiger partial charge in [0, 0.05) is 53.4 Å². The van der Waals surface area contributed by atoms with E-state index in [0.29, 0.717) is 62.1 Å². The van der Waals surface area contributed by atoms with Crippen LogP contribution in [-0.4, -0.2) is 79.8 Å². The maximum absolute atomic E-state index is 12.4. The number of ether oxygens (including phenoxy) is 3. The molecule has 0 aromatic carbocycles. The lowest BCUT2D eigenvalue weighted by atomic mass is 10.1. The lowest BCUT2D eigenvalue weighted by Crippen LogP contribution is -2.44. The molecule has 12 heteroatoms. The molecule has 0 spiro atoms. The van der Waals surface area contributed by atoms with Crippen molar-refractivity contribution in [3.8, 4) is 17.3 Å². The van der Waals surface area contributed by atoms with E-state index in [1.165, 1.54) is 0 Å². The van der Waals surface area contributed by atoms with Crippen LogP contribution in [0.25, 0.3) is 22.6 Å². The molecule has 0 bridgehead atoms. The van der Waals surface area contributed by atoms with Crippen LogP contribution in [0.15, 0.2) is 18.7 Å². The third kappa shape index (κ3) is 7.31. The number of aryl methyl sites for hydroxylation is 1. The van der Waals surface area contributed by atoms with Crippen molar-refractivity contribution in [3.63, 3.8) is 0 Å². The first-order chi connectivity index (χ1) is 17.9.